The number of hydrogen-bond donors (Lipinski definition) is 1. The predicted octanol–water partition coefficient (Wildman–Crippen LogP) is 2.30. The summed E-state index contributed by atoms with van der Waals surface area (Å²) >= 11 is 0. The first-order valence-electron chi connectivity index (χ1n) is 9.38. The zero-order valence-electron chi connectivity index (χ0n) is 14.7. The third-order valence-electron chi connectivity index (χ3n) is 5.30. The van der Waals surface area contributed by atoms with Crippen molar-refractivity contribution in [1.82, 2.24) is 10.2 Å². The van der Waals surface area contributed by atoms with Gasteiger partial charge in [0.05, 0.1) is 25.9 Å². The molecule has 1 N–H and O–H groups in total. The lowest BCUT2D eigenvalue weighted by Crippen LogP contribution is -2.38. The summed E-state index contributed by atoms with van der Waals surface area (Å²) in [6.45, 7) is 5.39. The molecule has 0 radical (unpaired) electrons. The number of carbonyl (C=O) groups excluding carboxylic acids is 1. The smallest absolute Gasteiger partial charge is 0.224 e. The highest BCUT2D eigenvalue weighted by molar-refractivity contribution is 5.88. The molecule has 0 saturated carbocycles. The maximum absolute atomic E-state index is 12.3. The molecule has 5 heteroatoms. The normalized spacial score (nSPS) is 17.8. The van der Waals surface area contributed by atoms with Crippen molar-refractivity contribution in [1.29, 1.82) is 0 Å². The fraction of sp³-hybridized carbons (Fsp3) is 0.550. The van der Waals surface area contributed by atoms with Crippen LogP contribution >= 0.6 is 0 Å². The van der Waals surface area contributed by atoms with Gasteiger partial charge in [-0.1, -0.05) is 0 Å². The molecule has 1 aromatic carbocycles. The number of rotatable bonds is 6. The molecule has 1 aromatic heterocycles. The second-order valence-electron chi connectivity index (χ2n) is 7.07. The summed E-state index contributed by atoms with van der Waals surface area (Å²) in [5.74, 6) is 0.0742. The number of nitrogens with one attached hydrogen (secondary N) is 1. The predicted molar refractivity (Wildman–Crippen MR) is 96.8 cm³/mol. The average Bonchev–Trinajstić information content (AvgIpc) is 3.24. The molecule has 1 saturated heterocycles. The highest BCUT2D eigenvalue weighted by Crippen LogP contribution is 2.30. The number of furan rings is 1. The Kier molecular flexibility index (Phi) is 5.04. The lowest BCUT2D eigenvalue weighted by molar-refractivity contribution is -0.120. The summed E-state index contributed by atoms with van der Waals surface area (Å²) in [6.07, 6.45) is 6.62. The van der Waals surface area contributed by atoms with Gasteiger partial charge in [0.25, 0.3) is 0 Å². The summed E-state index contributed by atoms with van der Waals surface area (Å²) in [5.41, 5.74) is 4.73. The second kappa shape index (κ2) is 7.58. The number of ether oxygens (including phenoxy) is 1. The van der Waals surface area contributed by atoms with Gasteiger partial charge in [-0.15, -0.1) is 0 Å². The molecule has 25 heavy (non-hydrogen) atoms. The van der Waals surface area contributed by atoms with Crippen LogP contribution in [0.4, 0.5) is 0 Å². The molecule has 2 aromatic rings. The molecule has 1 aliphatic carbocycles. The van der Waals surface area contributed by atoms with E-state index in [1.54, 1.807) is 6.26 Å². The Morgan fingerprint density at radius 3 is 2.80 bits per heavy atom. The van der Waals surface area contributed by atoms with Crippen molar-refractivity contribution in [3.63, 3.8) is 0 Å². The molecule has 0 atom stereocenters. The van der Waals surface area contributed by atoms with Gasteiger partial charge in [-0.05, 0) is 55.5 Å². The van der Waals surface area contributed by atoms with E-state index < -0.39 is 0 Å². The van der Waals surface area contributed by atoms with E-state index in [0.29, 0.717) is 6.42 Å². The van der Waals surface area contributed by atoms with Crippen LogP contribution in [-0.2, 0) is 28.8 Å². The minimum atomic E-state index is 0.0742. The van der Waals surface area contributed by atoms with Crippen LogP contribution in [-0.4, -0.2) is 50.2 Å². The van der Waals surface area contributed by atoms with Crippen molar-refractivity contribution in [3.8, 4) is 0 Å². The summed E-state index contributed by atoms with van der Waals surface area (Å²) in [5, 5.41) is 4.14. The molecule has 0 bridgehead atoms. The minimum Gasteiger partial charge on any atom is -0.464 e. The summed E-state index contributed by atoms with van der Waals surface area (Å²) in [4.78, 5) is 14.6. The Hall–Kier alpha value is -1.85. The van der Waals surface area contributed by atoms with Crippen LogP contribution < -0.4 is 5.32 Å². The first kappa shape index (κ1) is 16.6. The van der Waals surface area contributed by atoms with E-state index >= 15 is 0 Å². The number of aryl methyl sites for hydroxylation is 2. The van der Waals surface area contributed by atoms with Gasteiger partial charge in [-0.2, -0.15) is 0 Å². The fourth-order valence-electron chi connectivity index (χ4n) is 3.88. The van der Waals surface area contributed by atoms with Crippen LogP contribution in [0.15, 0.2) is 22.8 Å². The Morgan fingerprint density at radius 1 is 1.16 bits per heavy atom. The van der Waals surface area contributed by atoms with E-state index in [2.05, 4.69) is 22.3 Å². The molecule has 4 rings (SSSR count). The summed E-state index contributed by atoms with van der Waals surface area (Å²) < 4.78 is 11.0. The molecule has 2 heterocycles. The summed E-state index contributed by atoms with van der Waals surface area (Å²) in [7, 11) is 0. The quantitative estimate of drug-likeness (QED) is 0.819. The molecule has 2 aliphatic rings. The topological polar surface area (TPSA) is 54.7 Å². The lowest BCUT2D eigenvalue weighted by atomic mass is 10.0. The molecule has 5 nitrogen and oxygen atoms in total. The third-order valence-corrected chi connectivity index (χ3v) is 5.30. The first-order chi connectivity index (χ1) is 12.3. The number of amides is 1. The molecule has 0 spiro atoms. The number of carbonyl (C=O) groups is 1. The van der Waals surface area contributed by atoms with Crippen LogP contribution in [0.1, 0.15) is 29.5 Å². The minimum absolute atomic E-state index is 0.0742. The second-order valence-corrected chi connectivity index (χ2v) is 7.07. The maximum atomic E-state index is 12.3. The number of nitrogens with zero attached hydrogens (tertiary/aromatic N) is 1. The van der Waals surface area contributed by atoms with Gasteiger partial charge in [0.15, 0.2) is 0 Å². The highest BCUT2D eigenvalue weighted by atomic mass is 16.5. The van der Waals surface area contributed by atoms with Crippen molar-refractivity contribution in [2.24, 2.45) is 0 Å². The monoisotopic (exact) mass is 342 g/mol. The Morgan fingerprint density at radius 2 is 1.96 bits per heavy atom. The Balaban J connectivity index is 1.28. The number of benzene rings is 1. The lowest BCUT2D eigenvalue weighted by Gasteiger charge is -2.26. The van der Waals surface area contributed by atoms with Crippen LogP contribution in [0, 0.1) is 0 Å². The van der Waals surface area contributed by atoms with Gasteiger partial charge in [-0.25, -0.2) is 0 Å². The van der Waals surface area contributed by atoms with E-state index in [4.69, 9.17) is 9.15 Å². The van der Waals surface area contributed by atoms with Crippen molar-refractivity contribution in [2.45, 2.75) is 32.1 Å². The average molecular weight is 342 g/mol. The van der Waals surface area contributed by atoms with Crippen molar-refractivity contribution < 1.29 is 13.9 Å². The molecular weight excluding hydrogens is 316 g/mol. The summed E-state index contributed by atoms with van der Waals surface area (Å²) in [6, 6.07) is 4.38. The van der Waals surface area contributed by atoms with Crippen LogP contribution in [0.2, 0.25) is 0 Å². The van der Waals surface area contributed by atoms with Gasteiger partial charge in [0.2, 0.25) is 5.91 Å². The van der Waals surface area contributed by atoms with Gasteiger partial charge in [0.1, 0.15) is 5.58 Å². The zero-order chi connectivity index (χ0) is 17.1. The van der Waals surface area contributed by atoms with E-state index in [1.807, 2.05) is 0 Å². The fourth-order valence-corrected chi connectivity index (χ4v) is 3.88. The van der Waals surface area contributed by atoms with E-state index in [0.717, 1.165) is 75.2 Å². The van der Waals surface area contributed by atoms with Crippen molar-refractivity contribution in [3.05, 3.63) is 35.1 Å². The molecule has 1 fully saturated rings. The number of fused-ring (bicyclic) bond motifs is 2. The van der Waals surface area contributed by atoms with E-state index in [-0.39, 0.29) is 5.91 Å². The van der Waals surface area contributed by atoms with Crippen LogP contribution in [0.25, 0.3) is 11.0 Å². The SMILES string of the molecule is O=C(Cc1coc2cc3c(cc12)CCC3)NCCCN1CCOCC1. The number of hydrogen-bond acceptors (Lipinski definition) is 4. The van der Waals surface area contributed by atoms with Crippen LogP contribution in [0.3, 0.4) is 0 Å². The van der Waals surface area contributed by atoms with Gasteiger partial charge >= 0.3 is 0 Å². The molecule has 134 valence electrons. The molecule has 0 unspecified atom stereocenters. The zero-order valence-corrected chi connectivity index (χ0v) is 14.7. The van der Waals surface area contributed by atoms with Crippen LogP contribution in [0.5, 0.6) is 0 Å². The maximum Gasteiger partial charge on any atom is 0.224 e. The largest absolute Gasteiger partial charge is 0.464 e. The number of morpholine rings is 1. The molecule has 1 amide bonds. The molecular formula is C20H26N2O3. The molecule has 1 aliphatic heterocycles. The van der Waals surface area contributed by atoms with E-state index in [1.165, 1.54) is 17.5 Å². The Labute approximate surface area is 148 Å². The van der Waals surface area contributed by atoms with Gasteiger partial charge in [-0.3, -0.25) is 9.69 Å². The standard InChI is InChI=1S/C20H26N2O3/c23-20(21-5-2-6-22-7-9-24-10-8-22)13-17-14-25-19-12-16-4-1-3-15(16)11-18(17)19/h11-12,14H,1-10,13H2,(H,21,23). The third kappa shape index (κ3) is 3.88. The highest BCUT2D eigenvalue weighted by Gasteiger charge is 2.16. The van der Waals surface area contributed by atoms with Gasteiger partial charge in [0, 0.05) is 30.6 Å². The van der Waals surface area contributed by atoms with Crippen molar-refractivity contribution in [2.75, 3.05) is 39.4 Å². The van der Waals surface area contributed by atoms with E-state index in [9.17, 15) is 4.79 Å². The van der Waals surface area contributed by atoms with Gasteiger partial charge < -0.3 is 14.5 Å². The van der Waals surface area contributed by atoms with Crippen molar-refractivity contribution >= 4 is 16.9 Å². The first-order valence-corrected chi connectivity index (χ1v) is 9.38. The Bertz CT molecular complexity index is 747.